The standard InChI is InChI=1S/C20H24N2O/c1-15(19(21)17-11-3-2-4-12-17)20(23)22-14-8-7-10-16-9-5-6-13-18(16)22/h2-6,9,11-13,15,19H,7-8,10,14,21H2,1H3. The Morgan fingerprint density at radius 1 is 1.04 bits per heavy atom. The lowest BCUT2D eigenvalue weighted by Gasteiger charge is -2.29. The molecule has 0 aromatic heterocycles. The maximum absolute atomic E-state index is 13.1. The van der Waals surface area contributed by atoms with Gasteiger partial charge in [-0.15, -0.1) is 0 Å². The fourth-order valence-corrected chi connectivity index (χ4v) is 3.28. The monoisotopic (exact) mass is 308 g/mol. The molecule has 0 fully saturated rings. The van der Waals surface area contributed by atoms with Crippen LogP contribution in [-0.2, 0) is 11.2 Å². The van der Waals surface area contributed by atoms with Crippen LogP contribution in [0.4, 0.5) is 5.69 Å². The van der Waals surface area contributed by atoms with Gasteiger partial charge in [0.15, 0.2) is 0 Å². The molecule has 3 nitrogen and oxygen atoms in total. The molecule has 2 aromatic carbocycles. The van der Waals surface area contributed by atoms with Crippen LogP contribution in [-0.4, -0.2) is 12.5 Å². The highest BCUT2D eigenvalue weighted by molar-refractivity contribution is 5.96. The van der Waals surface area contributed by atoms with Crippen LogP contribution in [0, 0.1) is 5.92 Å². The number of hydrogen-bond donors (Lipinski definition) is 1. The minimum Gasteiger partial charge on any atom is -0.323 e. The van der Waals surface area contributed by atoms with Gasteiger partial charge in [0.05, 0.1) is 5.92 Å². The summed E-state index contributed by atoms with van der Waals surface area (Å²) in [4.78, 5) is 15.0. The van der Waals surface area contributed by atoms with E-state index in [1.165, 1.54) is 5.56 Å². The molecule has 2 N–H and O–H groups in total. The number of nitrogens with zero attached hydrogens (tertiary/aromatic N) is 1. The molecule has 0 saturated heterocycles. The maximum Gasteiger partial charge on any atom is 0.231 e. The molecule has 0 saturated carbocycles. The van der Waals surface area contributed by atoms with E-state index in [9.17, 15) is 4.79 Å². The Balaban J connectivity index is 1.85. The van der Waals surface area contributed by atoms with Gasteiger partial charge in [0.2, 0.25) is 5.91 Å². The zero-order valence-electron chi connectivity index (χ0n) is 13.6. The zero-order chi connectivity index (χ0) is 16.2. The SMILES string of the molecule is CC(C(=O)N1CCCCc2ccccc21)C(N)c1ccccc1. The lowest BCUT2D eigenvalue weighted by molar-refractivity contribution is -0.122. The molecule has 1 aliphatic rings. The molecule has 0 aliphatic carbocycles. The van der Waals surface area contributed by atoms with Crippen LogP contribution in [0.5, 0.6) is 0 Å². The van der Waals surface area contributed by atoms with E-state index in [2.05, 4.69) is 12.1 Å². The van der Waals surface area contributed by atoms with Crippen molar-refractivity contribution in [2.24, 2.45) is 11.7 Å². The first kappa shape index (κ1) is 15.8. The number of hydrogen-bond acceptors (Lipinski definition) is 2. The molecule has 2 atom stereocenters. The van der Waals surface area contributed by atoms with E-state index in [1.807, 2.05) is 54.3 Å². The third-order valence-electron chi connectivity index (χ3n) is 4.74. The minimum absolute atomic E-state index is 0.121. The topological polar surface area (TPSA) is 46.3 Å². The third kappa shape index (κ3) is 3.30. The van der Waals surface area contributed by atoms with Crippen molar-refractivity contribution >= 4 is 11.6 Å². The van der Waals surface area contributed by atoms with Gasteiger partial charge in [0.25, 0.3) is 0 Å². The van der Waals surface area contributed by atoms with Gasteiger partial charge in [-0.25, -0.2) is 0 Å². The average molecular weight is 308 g/mol. The van der Waals surface area contributed by atoms with Gasteiger partial charge in [-0.1, -0.05) is 55.5 Å². The van der Waals surface area contributed by atoms with E-state index in [0.29, 0.717) is 0 Å². The molecule has 0 bridgehead atoms. The summed E-state index contributed by atoms with van der Waals surface area (Å²) in [5, 5.41) is 0. The molecule has 0 spiro atoms. The fraction of sp³-hybridized carbons (Fsp3) is 0.350. The molecule has 1 heterocycles. The summed E-state index contributed by atoms with van der Waals surface area (Å²) in [6.45, 7) is 2.72. The Morgan fingerprint density at radius 2 is 1.74 bits per heavy atom. The highest BCUT2D eigenvalue weighted by Crippen LogP contribution is 2.29. The summed E-state index contributed by atoms with van der Waals surface area (Å²) >= 11 is 0. The van der Waals surface area contributed by atoms with Crippen molar-refractivity contribution in [1.29, 1.82) is 0 Å². The first-order chi connectivity index (χ1) is 11.2. The molecule has 23 heavy (non-hydrogen) atoms. The van der Waals surface area contributed by atoms with Crippen LogP contribution in [0.3, 0.4) is 0 Å². The van der Waals surface area contributed by atoms with Crippen molar-refractivity contribution in [2.75, 3.05) is 11.4 Å². The molecular formula is C20H24N2O. The molecule has 120 valence electrons. The molecule has 0 radical (unpaired) electrons. The van der Waals surface area contributed by atoms with E-state index in [-0.39, 0.29) is 17.9 Å². The summed E-state index contributed by atoms with van der Waals surface area (Å²) in [6, 6.07) is 17.8. The summed E-state index contributed by atoms with van der Waals surface area (Å²) < 4.78 is 0. The number of anilines is 1. The van der Waals surface area contributed by atoms with Crippen molar-refractivity contribution in [3.63, 3.8) is 0 Å². The number of carbonyl (C=O) groups excluding carboxylic acids is 1. The van der Waals surface area contributed by atoms with Gasteiger partial charge in [0, 0.05) is 18.3 Å². The second kappa shape index (κ2) is 6.97. The van der Waals surface area contributed by atoms with Gasteiger partial charge >= 0.3 is 0 Å². The van der Waals surface area contributed by atoms with Gasteiger partial charge in [-0.2, -0.15) is 0 Å². The highest BCUT2D eigenvalue weighted by Gasteiger charge is 2.29. The average Bonchev–Trinajstić information content (AvgIpc) is 2.83. The number of aryl methyl sites for hydroxylation is 1. The van der Waals surface area contributed by atoms with E-state index in [4.69, 9.17) is 5.73 Å². The Hall–Kier alpha value is -2.13. The molecule has 3 heteroatoms. The second-order valence-electron chi connectivity index (χ2n) is 6.30. The number of fused-ring (bicyclic) bond motifs is 1. The van der Waals surface area contributed by atoms with Crippen LogP contribution >= 0.6 is 0 Å². The molecular weight excluding hydrogens is 284 g/mol. The minimum atomic E-state index is -0.279. The summed E-state index contributed by atoms with van der Waals surface area (Å²) in [6.07, 6.45) is 3.20. The van der Waals surface area contributed by atoms with Crippen molar-refractivity contribution in [2.45, 2.75) is 32.2 Å². The lowest BCUT2D eigenvalue weighted by Crippen LogP contribution is -2.40. The zero-order valence-corrected chi connectivity index (χ0v) is 13.6. The number of amides is 1. The molecule has 1 aliphatic heterocycles. The van der Waals surface area contributed by atoms with Gasteiger partial charge in [-0.05, 0) is 36.5 Å². The predicted octanol–water partition coefficient (Wildman–Crippen LogP) is 3.69. The quantitative estimate of drug-likeness (QED) is 0.940. The Morgan fingerprint density at radius 3 is 2.52 bits per heavy atom. The summed E-state index contributed by atoms with van der Waals surface area (Å²) in [5.74, 6) is -0.126. The van der Waals surface area contributed by atoms with Gasteiger partial charge < -0.3 is 10.6 Å². The predicted molar refractivity (Wildman–Crippen MR) is 94.3 cm³/mol. The fourth-order valence-electron chi connectivity index (χ4n) is 3.28. The largest absolute Gasteiger partial charge is 0.323 e. The highest BCUT2D eigenvalue weighted by atomic mass is 16.2. The molecule has 1 amide bonds. The van der Waals surface area contributed by atoms with Gasteiger partial charge in [0.1, 0.15) is 0 Å². The van der Waals surface area contributed by atoms with E-state index in [1.54, 1.807) is 0 Å². The van der Waals surface area contributed by atoms with E-state index < -0.39 is 0 Å². The van der Waals surface area contributed by atoms with Crippen LogP contribution in [0.1, 0.15) is 36.9 Å². The Labute approximate surface area is 138 Å². The van der Waals surface area contributed by atoms with Crippen LogP contribution in [0.25, 0.3) is 0 Å². The van der Waals surface area contributed by atoms with E-state index >= 15 is 0 Å². The Bertz CT molecular complexity index is 668. The maximum atomic E-state index is 13.1. The summed E-state index contributed by atoms with van der Waals surface area (Å²) in [7, 11) is 0. The van der Waals surface area contributed by atoms with E-state index in [0.717, 1.165) is 37.1 Å². The summed E-state index contributed by atoms with van der Waals surface area (Å²) in [5.41, 5.74) is 9.69. The van der Waals surface area contributed by atoms with Crippen LogP contribution < -0.4 is 10.6 Å². The third-order valence-corrected chi connectivity index (χ3v) is 4.74. The van der Waals surface area contributed by atoms with Crippen molar-refractivity contribution in [1.82, 2.24) is 0 Å². The molecule has 2 aromatic rings. The number of benzene rings is 2. The van der Waals surface area contributed by atoms with Crippen molar-refractivity contribution < 1.29 is 4.79 Å². The first-order valence-corrected chi connectivity index (χ1v) is 8.38. The number of rotatable bonds is 3. The van der Waals surface area contributed by atoms with Crippen LogP contribution in [0.2, 0.25) is 0 Å². The second-order valence-corrected chi connectivity index (χ2v) is 6.30. The first-order valence-electron chi connectivity index (χ1n) is 8.38. The lowest BCUT2D eigenvalue weighted by atomic mass is 9.94. The number of carbonyl (C=O) groups is 1. The number of para-hydroxylation sites is 1. The van der Waals surface area contributed by atoms with Gasteiger partial charge in [-0.3, -0.25) is 4.79 Å². The van der Waals surface area contributed by atoms with Crippen molar-refractivity contribution in [3.8, 4) is 0 Å². The van der Waals surface area contributed by atoms with Crippen LogP contribution in [0.15, 0.2) is 54.6 Å². The normalized spacial score (nSPS) is 17.0. The molecule has 2 unspecified atom stereocenters. The Kier molecular flexibility index (Phi) is 4.77. The smallest absolute Gasteiger partial charge is 0.231 e. The molecule has 3 rings (SSSR count). The number of nitrogens with two attached hydrogens (primary N) is 1. The van der Waals surface area contributed by atoms with Crippen molar-refractivity contribution in [3.05, 3.63) is 65.7 Å².